The van der Waals surface area contributed by atoms with E-state index in [1.54, 1.807) is 36.4 Å². The van der Waals surface area contributed by atoms with E-state index in [1.807, 2.05) is 0 Å². The maximum Gasteiger partial charge on any atom is 0.283 e. The van der Waals surface area contributed by atoms with Crippen molar-refractivity contribution in [2.75, 3.05) is 6.26 Å². The second-order valence-electron chi connectivity index (χ2n) is 5.89. The van der Waals surface area contributed by atoms with Crippen molar-refractivity contribution in [2.45, 2.75) is 0 Å². The Balaban J connectivity index is 1.69. The summed E-state index contributed by atoms with van der Waals surface area (Å²) in [5.74, 6) is -0.120. The highest BCUT2D eigenvalue weighted by molar-refractivity contribution is 8.16. The van der Waals surface area contributed by atoms with Crippen LogP contribution in [0, 0.1) is 5.41 Å². The Labute approximate surface area is 169 Å². The fourth-order valence-corrected chi connectivity index (χ4v) is 4.55. The lowest BCUT2D eigenvalue weighted by Crippen LogP contribution is -2.45. The first-order valence-electron chi connectivity index (χ1n) is 7.78. The molecule has 0 saturated heterocycles. The predicted octanol–water partition coefficient (Wildman–Crippen LogP) is 3.22. The van der Waals surface area contributed by atoms with Gasteiger partial charge in [0.2, 0.25) is 20.2 Å². The first-order valence-corrected chi connectivity index (χ1v) is 10.8. The van der Waals surface area contributed by atoms with Crippen molar-refractivity contribution in [1.82, 2.24) is 4.90 Å². The topological polar surface area (TPSA) is 116 Å². The molecule has 142 valence electrons. The minimum atomic E-state index is -3.69. The van der Waals surface area contributed by atoms with Gasteiger partial charge in [-0.25, -0.2) is 13.3 Å². The van der Waals surface area contributed by atoms with Gasteiger partial charge in [0.25, 0.3) is 5.91 Å². The zero-order valence-corrected chi connectivity index (χ0v) is 16.6. The minimum absolute atomic E-state index is 0.0360. The number of fused-ring (bicyclic) bond motifs is 1. The first-order chi connectivity index (χ1) is 13.2. The number of hydrogen-bond donors (Lipinski definition) is 1. The van der Waals surface area contributed by atoms with Gasteiger partial charge in [-0.2, -0.15) is 9.39 Å². The number of amides is 1. The molecule has 28 heavy (non-hydrogen) atoms. The Morgan fingerprint density at radius 2 is 1.93 bits per heavy atom. The third-order valence-electron chi connectivity index (χ3n) is 3.87. The largest absolute Gasteiger partial charge is 0.457 e. The van der Waals surface area contributed by atoms with Crippen LogP contribution < -0.4 is 0 Å². The molecule has 0 radical (unpaired) electrons. The van der Waals surface area contributed by atoms with Crippen molar-refractivity contribution in [3.05, 3.63) is 52.8 Å². The highest BCUT2D eigenvalue weighted by atomic mass is 35.5. The molecule has 1 aromatic carbocycles. The molecule has 0 saturated carbocycles. The van der Waals surface area contributed by atoms with Crippen molar-refractivity contribution in [2.24, 2.45) is 9.39 Å². The van der Waals surface area contributed by atoms with Gasteiger partial charge >= 0.3 is 0 Å². The van der Waals surface area contributed by atoms with E-state index in [0.717, 1.165) is 28.7 Å². The molecule has 0 unspecified atom stereocenters. The fourth-order valence-electron chi connectivity index (χ4n) is 2.58. The van der Waals surface area contributed by atoms with Gasteiger partial charge in [0, 0.05) is 16.8 Å². The molecule has 2 aliphatic rings. The quantitative estimate of drug-likeness (QED) is 0.573. The van der Waals surface area contributed by atoms with Crippen molar-refractivity contribution >= 4 is 61.5 Å². The molecule has 1 aromatic heterocycles. The molecule has 2 aromatic rings. The van der Waals surface area contributed by atoms with Crippen molar-refractivity contribution in [3.63, 3.8) is 0 Å². The molecule has 1 N–H and O–H groups in total. The lowest BCUT2D eigenvalue weighted by atomic mass is 10.1. The minimum Gasteiger partial charge on any atom is -0.457 e. The summed E-state index contributed by atoms with van der Waals surface area (Å²) in [6.07, 6.45) is 2.33. The number of nitrogens with one attached hydrogen (secondary N) is 1. The summed E-state index contributed by atoms with van der Waals surface area (Å²) in [6, 6.07) is 10.4. The van der Waals surface area contributed by atoms with E-state index in [9.17, 15) is 13.2 Å². The number of hydrogen-bond acceptors (Lipinski definition) is 7. The molecule has 0 bridgehead atoms. The van der Waals surface area contributed by atoms with Crippen LogP contribution in [-0.4, -0.2) is 41.7 Å². The van der Waals surface area contributed by atoms with Gasteiger partial charge in [0.05, 0.1) is 17.5 Å². The van der Waals surface area contributed by atoms with E-state index in [0.29, 0.717) is 16.5 Å². The van der Waals surface area contributed by atoms with E-state index in [-0.39, 0.29) is 21.7 Å². The normalized spacial score (nSPS) is 18.4. The summed E-state index contributed by atoms with van der Waals surface area (Å²) in [5.41, 5.74) is 0.696. The van der Waals surface area contributed by atoms with E-state index in [1.165, 1.54) is 6.08 Å². The lowest BCUT2D eigenvalue weighted by Gasteiger charge is -2.23. The summed E-state index contributed by atoms with van der Waals surface area (Å²) in [5, 5.41) is 8.60. The van der Waals surface area contributed by atoms with Gasteiger partial charge in [-0.1, -0.05) is 11.6 Å². The number of amidine groups is 3. The molecule has 1 amide bonds. The highest BCUT2D eigenvalue weighted by Crippen LogP contribution is 2.30. The average Bonchev–Trinajstić information content (AvgIpc) is 3.26. The summed E-state index contributed by atoms with van der Waals surface area (Å²) < 4.78 is 33.3. The van der Waals surface area contributed by atoms with Gasteiger partial charge in [-0.15, -0.1) is 0 Å². The second kappa shape index (κ2) is 6.73. The number of aliphatic imine (C=N–C) groups is 1. The molecule has 2 aliphatic heterocycles. The van der Waals surface area contributed by atoms with Crippen LogP contribution in [0.5, 0.6) is 0 Å². The summed E-state index contributed by atoms with van der Waals surface area (Å²) in [7, 11) is -3.69. The molecular formula is C17H11ClN4O4S2. The highest BCUT2D eigenvalue weighted by Gasteiger charge is 2.41. The SMILES string of the molecule is CS(=O)(=O)C1=NSC2=NC(=O)/C(=C\c3ccc(-c4ccc(Cl)cc4)o3)C(=N)N21. The third-order valence-corrected chi connectivity index (χ3v) is 5.87. The monoisotopic (exact) mass is 434 g/mol. The number of benzene rings is 1. The molecule has 11 heteroatoms. The van der Waals surface area contributed by atoms with Crippen LogP contribution in [0.25, 0.3) is 17.4 Å². The van der Waals surface area contributed by atoms with Crippen LogP contribution in [0.1, 0.15) is 5.76 Å². The number of carbonyl (C=O) groups is 1. The van der Waals surface area contributed by atoms with E-state index in [4.69, 9.17) is 21.4 Å². The van der Waals surface area contributed by atoms with Crippen LogP contribution in [-0.2, 0) is 14.6 Å². The molecule has 0 atom stereocenters. The average molecular weight is 435 g/mol. The Morgan fingerprint density at radius 3 is 2.61 bits per heavy atom. The van der Waals surface area contributed by atoms with Crippen LogP contribution in [0.2, 0.25) is 5.02 Å². The maximum absolute atomic E-state index is 12.3. The third kappa shape index (κ3) is 3.30. The van der Waals surface area contributed by atoms with Gasteiger partial charge in [0.1, 0.15) is 17.4 Å². The molecule has 4 rings (SSSR count). The van der Waals surface area contributed by atoms with Crippen LogP contribution in [0.4, 0.5) is 0 Å². The summed E-state index contributed by atoms with van der Waals surface area (Å²) in [4.78, 5) is 17.2. The standard InChI is InChI=1S/C17H11ClN4O4S2/c1-28(24,25)17-21-27-16-20-15(23)12(14(19)22(16)17)8-11-6-7-13(26-11)9-2-4-10(18)5-3-9/h2-8,19H,1H3/b12-8-,19-14?. The van der Waals surface area contributed by atoms with Gasteiger partial charge in [-0.3, -0.25) is 10.2 Å². The number of sulfone groups is 1. The molecule has 8 nitrogen and oxygen atoms in total. The summed E-state index contributed by atoms with van der Waals surface area (Å²) in [6.45, 7) is 0. The van der Waals surface area contributed by atoms with Crippen LogP contribution >= 0.6 is 23.5 Å². The van der Waals surface area contributed by atoms with Crippen molar-refractivity contribution < 1.29 is 17.6 Å². The van der Waals surface area contributed by atoms with E-state index < -0.39 is 15.7 Å². The summed E-state index contributed by atoms with van der Waals surface area (Å²) >= 11 is 6.62. The molecule has 0 aliphatic carbocycles. The Morgan fingerprint density at radius 1 is 1.21 bits per heavy atom. The Bertz CT molecular complexity index is 1210. The van der Waals surface area contributed by atoms with E-state index >= 15 is 0 Å². The number of furan rings is 1. The second-order valence-corrected chi connectivity index (χ2v) is 8.96. The van der Waals surface area contributed by atoms with Crippen LogP contribution in [0.15, 0.2) is 55.8 Å². The maximum atomic E-state index is 12.3. The number of rotatable bonds is 2. The van der Waals surface area contributed by atoms with Crippen LogP contribution in [0.3, 0.4) is 0 Å². The first kappa shape index (κ1) is 18.7. The molecule has 0 fully saturated rings. The predicted molar refractivity (Wildman–Crippen MR) is 109 cm³/mol. The number of halogens is 1. The van der Waals surface area contributed by atoms with Crippen molar-refractivity contribution in [1.29, 1.82) is 5.41 Å². The van der Waals surface area contributed by atoms with Gasteiger partial charge in [-0.05, 0) is 42.5 Å². The van der Waals surface area contributed by atoms with E-state index in [2.05, 4.69) is 9.39 Å². The lowest BCUT2D eigenvalue weighted by molar-refractivity contribution is -0.114. The molecule has 3 heterocycles. The van der Waals surface area contributed by atoms with Gasteiger partial charge in [0.15, 0.2) is 0 Å². The number of nitrogens with zero attached hydrogens (tertiary/aromatic N) is 3. The molecular weight excluding hydrogens is 424 g/mol. The number of carbonyl (C=O) groups excluding carboxylic acids is 1. The van der Waals surface area contributed by atoms with Crippen molar-refractivity contribution in [3.8, 4) is 11.3 Å². The zero-order valence-electron chi connectivity index (χ0n) is 14.2. The zero-order chi connectivity index (χ0) is 20.1. The fraction of sp³-hybridized carbons (Fsp3) is 0.0588. The Hall–Kier alpha value is -2.69. The van der Waals surface area contributed by atoms with Gasteiger partial charge < -0.3 is 4.42 Å². The Kier molecular flexibility index (Phi) is 4.48. The molecule has 0 spiro atoms. The smallest absolute Gasteiger partial charge is 0.283 e.